The smallest absolute Gasteiger partial charge is 0.345 e. The molecule has 0 aliphatic carbocycles. The summed E-state index contributed by atoms with van der Waals surface area (Å²) in [6.07, 6.45) is 3.28. The molecule has 0 unspecified atom stereocenters. The fourth-order valence-corrected chi connectivity index (χ4v) is 2.15. The molecule has 2 rings (SSSR count). The van der Waals surface area contributed by atoms with Crippen LogP contribution in [0.4, 0.5) is 5.13 Å². The predicted octanol–water partition coefficient (Wildman–Crippen LogP) is 0.518. The molecular formula is C9H13N5OS. The van der Waals surface area contributed by atoms with Gasteiger partial charge in [0.2, 0.25) is 0 Å². The lowest BCUT2D eigenvalue weighted by molar-refractivity contribution is 0.652. The Balaban J connectivity index is 2.14. The molecule has 1 N–H and O–H groups in total. The van der Waals surface area contributed by atoms with Crippen LogP contribution in [-0.2, 0) is 13.6 Å². The molecule has 0 radical (unpaired) electrons. The van der Waals surface area contributed by atoms with Gasteiger partial charge in [0.1, 0.15) is 6.33 Å². The minimum absolute atomic E-state index is 0.113. The van der Waals surface area contributed by atoms with Crippen molar-refractivity contribution in [2.45, 2.75) is 13.5 Å². The van der Waals surface area contributed by atoms with E-state index in [2.05, 4.69) is 15.4 Å². The van der Waals surface area contributed by atoms with Crippen molar-refractivity contribution in [2.24, 2.45) is 7.05 Å². The van der Waals surface area contributed by atoms with Gasteiger partial charge in [0.05, 0.1) is 6.54 Å². The van der Waals surface area contributed by atoms with E-state index in [9.17, 15) is 4.79 Å². The number of nitrogens with one attached hydrogen (secondary N) is 1. The summed E-state index contributed by atoms with van der Waals surface area (Å²) in [7, 11) is 1.68. The Kier molecular flexibility index (Phi) is 3.04. The molecule has 0 fully saturated rings. The second-order valence-electron chi connectivity index (χ2n) is 3.34. The number of thiazole rings is 1. The molecular weight excluding hydrogens is 226 g/mol. The quantitative estimate of drug-likeness (QED) is 0.844. The van der Waals surface area contributed by atoms with Gasteiger partial charge in [-0.05, 0) is 6.92 Å². The van der Waals surface area contributed by atoms with Crippen molar-refractivity contribution in [3.63, 3.8) is 0 Å². The van der Waals surface area contributed by atoms with Crippen molar-refractivity contribution in [1.82, 2.24) is 19.3 Å². The molecule has 0 aromatic carbocycles. The van der Waals surface area contributed by atoms with Crippen LogP contribution in [0.15, 0.2) is 17.3 Å². The third kappa shape index (κ3) is 2.13. The molecule has 2 heterocycles. The Labute approximate surface area is 96.6 Å². The Bertz CT molecular complexity index is 526. The van der Waals surface area contributed by atoms with Gasteiger partial charge in [-0.3, -0.25) is 4.57 Å². The number of hydrogen-bond donors (Lipinski definition) is 1. The minimum atomic E-state index is -0.113. The summed E-state index contributed by atoms with van der Waals surface area (Å²) >= 11 is 1.54. The first-order chi connectivity index (χ1) is 7.70. The summed E-state index contributed by atoms with van der Waals surface area (Å²) in [6, 6.07) is 0. The van der Waals surface area contributed by atoms with Gasteiger partial charge < -0.3 is 5.32 Å². The van der Waals surface area contributed by atoms with Crippen molar-refractivity contribution < 1.29 is 0 Å². The predicted molar refractivity (Wildman–Crippen MR) is 62.8 cm³/mol. The van der Waals surface area contributed by atoms with E-state index in [1.54, 1.807) is 13.2 Å². The maximum Gasteiger partial charge on any atom is 0.345 e. The molecule has 0 saturated carbocycles. The Hall–Kier alpha value is -1.63. The van der Waals surface area contributed by atoms with E-state index in [1.165, 1.54) is 26.9 Å². The second kappa shape index (κ2) is 4.48. The van der Waals surface area contributed by atoms with Crippen LogP contribution in [0.1, 0.15) is 11.8 Å². The Morgan fingerprint density at radius 3 is 3.00 bits per heavy atom. The van der Waals surface area contributed by atoms with Gasteiger partial charge in [-0.1, -0.05) is 0 Å². The summed E-state index contributed by atoms with van der Waals surface area (Å²) in [6.45, 7) is 3.34. The number of hydrogen-bond acceptors (Lipinski definition) is 5. The van der Waals surface area contributed by atoms with Crippen LogP contribution < -0.4 is 11.0 Å². The fraction of sp³-hybridized carbons (Fsp3) is 0.444. The van der Waals surface area contributed by atoms with Gasteiger partial charge in [-0.2, -0.15) is 5.10 Å². The minimum Gasteiger partial charge on any atom is -0.362 e. The Morgan fingerprint density at radius 2 is 2.38 bits per heavy atom. The van der Waals surface area contributed by atoms with E-state index in [0.717, 1.165) is 16.6 Å². The van der Waals surface area contributed by atoms with E-state index in [-0.39, 0.29) is 5.69 Å². The number of aryl methyl sites for hydroxylation is 1. The summed E-state index contributed by atoms with van der Waals surface area (Å²) in [5, 5.41) is 8.00. The van der Waals surface area contributed by atoms with Crippen molar-refractivity contribution in [1.29, 1.82) is 0 Å². The third-order valence-electron chi connectivity index (χ3n) is 2.07. The number of aromatic nitrogens is 4. The number of rotatable bonds is 4. The normalized spacial score (nSPS) is 10.6. The van der Waals surface area contributed by atoms with Crippen LogP contribution in [0, 0.1) is 0 Å². The highest BCUT2D eigenvalue weighted by molar-refractivity contribution is 7.15. The molecule has 0 atom stereocenters. The third-order valence-corrected chi connectivity index (χ3v) is 3.01. The van der Waals surface area contributed by atoms with Crippen molar-refractivity contribution in [3.05, 3.63) is 27.9 Å². The molecule has 0 bridgehead atoms. The fourth-order valence-electron chi connectivity index (χ4n) is 1.29. The summed E-state index contributed by atoms with van der Waals surface area (Å²) < 4.78 is 2.87. The van der Waals surface area contributed by atoms with Crippen molar-refractivity contribution in [3.8, 4) is 0 Å². The number of anilines is 1. The molecule has 0 saturated heterocycles. The maximum atomic E-state index is 11.5. The lowest BCUT2D eigenvalue weighted by Crippen LogP contribution is -2.23. The largest absolute Gasteiger partial charge is 0.362 e. The lowest BCUT2D eigenvalue weighted by Gasteiger charge is -1.95. The zero-order chi connectivity index (χ0) is 11.5. The molecule has 16 heavy (non-hydrogen) atoms. The zero-order valence-electron chi connectivity index (χ0n) is 9.17. The highest BCUT2D eigenvalue weighted by atomic mass is 32.1. The van der Waals surface area contributed by atoms with Gasteiger partial charge in [0.15, 0.2) is 5.13 Å². The number of nitrogens with zero attached hydrogens (tertiary/aromatic N) is 4. The molecule has 0 spiro atoms. The van der Waals surface area contributed by atoms with Crippen LogP contribution in [0.3, 0.4) is 0 Å². The molecule has 0 amide bonds. The monoisotopic (exact) mass is 239 g/mol. The summed E-state index contributed by atoms with van der Waals surface area (Å²) in [5.41, 5.74) is -0.113. The average Bonchev–Trinajstić information content (AvgIpc) is 2.82. The average molecular weight is 239 g/mol. The van der Waals surface area contributed by atoms with Gasteiger partial charge in [-0.25, -0.2) is 14.5 Å². The highest BCUT2D eigenvalue weighted by Gasteiger charge is 2.05. The zero-order valence-corrected chi connectivity index (χ0v) is 9.99. The molecule has 86 valence electrons. The van der Waals surface area contributed by atoms with E-state index < -0.39 is 0 Å². The first kappa shape index (κ1) is 10.9. The van der Waals surface area contributed by atoms with Crippen LogP contribution >= 0.6 is 11.3 Å². The molecule has 2 aromatic rings. The van der Waals surface area contributed by atoms with Gasteiger partial charge in [0, 0.05) is 24.7 Å². The van der Waals surface area contributed by atoms with Crippen LogP contribution in [-0.4, -0.2) is 25.9 Å². The van der Waals surface area contributed by atoms with Crippen molar-refractivity contribution in [2.75, 3.05) is 11.9 Å². The molecule has 7 heteroatoms. The van der Waals surface area contributed by atoms with Crippen LogP contribution in [0.25, 0.3) is 0 Å². The topological polar surface area (TPSA) is 64.7 Å². The van der Waals surface area contributed by atoms with E-state index >= 15 is 0 Å². The standard InChI is InChI=1S/C9H13N5OS/c1-3-10-8-11-4-7(16-8)5-14-9(15)13(2)6-12-14/h4,6H,3,5H2,1-2H3,(H,10,11). The second-order valence-corrected chi connectivity index (χ2v) is 4.46. The summed E-state index contributed by atoms with van der Waals surface area (Å²) in [5.74, 6) is 0. The maximum absolute atomic E-state index is 11.5. The van der Waals surface area contributed by atoms with E-state index in [1.807, 2.05) is 6.92 Å². The SMILES string of the molecule is CCNc1ncc(Cn2ncn(C)c2=O)s1. The first-order valence-corrected chi connectivity index (χ1v) is 5.79. The van der Waals surface area contributed by atoms with Crippen molar-refractivity contribution >= 4 is 16.5 Å². The Morgan fingerprint density at radius 1 is 1.56 bits per heavy atom. The van der Waals surface area contributed by atoms with Gasteiger partial charge >= 0.3 is 5.69 Å². The lowest BCUT2D eigenvalue weighted by atomic mass is 10.5. The first-order valence-electron chi connectivity index (χ1n) is 4.97. The highest BCUT2D eigenvalue weighted by Crippen LogP contribution is 2.17. The molecule has 0 aliphatic rings. The summed E-state index contributed by atoms with van der Waals surface area (Å²) in [4.78, 5) is 16.7. The van der Waals surface area contributed by atoms with E-state index in [0.29, 0.717) is 6.54 Å². The van der Waals surface area contributed by atoms with E-state index in [4.69, 9.17) is 0 Å². The molecule has 2 aromatic heterocycles. The van der Waals surface area contributed by atoms with Crippen LogP contribution in [0.5, 0.6) is 0 Å². The molecule has 0 aliphatic heterocycles. The van der Waals surface area contributed by atoms with Gasteiger partial charge in [0.25, 0.3) is 0 Å². The van der Waals surface area contributed by atoms with Gasteiger partial charge in [-0.15, -0.1) is 11.3 Å². The van der Waals surface area contributed by atoms with Crippen LogP contribution in [0.2, 0.25) is 0 Å². The molecule has 6 nitrogen and oxygen atoms in total.